The quantitative estimate of drug-likeness (QED) is 0.905. The van der Waals surface area contributed by atoms with E-state index in [1.807, 2.05) is 19.1 Å². The van der Waals surface area contributed by atoms with Crippen LogP contribution in [0, 0.1) is 6.92 Å². The highest BCUT2D eigenvalue weighted by atomic mass is 32.2. The minimum absolute atomic E-state index is 0.0560. The number of sulfonamides is 1. The molecule has 0 atom stereocenters. The first kappa shape index (κ1) is 13.9. The first-order valence-electron chi connectivity index (χ1n) is 6.93. The summed E-state index contributed by atoms with van der Waals surface area (Å²) >= 11 is 0. The summed E-state index contributed by atoms with van der Waals surface area (Å²) in [6.45, 7) is 5.33. The number of imidazole rings is 1. The second-order valence-corrected chi connectivity index (χ2v) is 6.70. The molecule has 0 saturated carbocycles. The summed E-state index contributed by atoms with van der Waals surface area (Å²) in [7, 11) is -3.64. The second-order valence-electron chi connectivity index (χ2n) is 5.07. The molecule has 7 heteroatoms. The predicted molar refractivity (Wildman–Crippen MR) is 82.1 cm³/mol. The molecule has 0 spiro atoms. The molecule has 2 N–H and O–H groups in total. The van der Waals surface area contributed by atoms with Gasteiger partial charge in [0.2, 0.25) is 0 Å². The van der Waals surface area contributed by atoms with E-state index in [1.165, 1.54) is 0 Å². The smallest absolute Gasteiger partial charge is 0.280 e. The molecular formula is C14H18N4O2S. The third-order valence-corrected chi connectivity index (χ3v) is 4.89. The number of rotatable bonds is 4. The average molecular weight is 306 g/mol. The monoisotopic (exact) mass is 306 g/mol. The topological polar surface area (TPSA) is 76.0 Å². The minimum atomic E-state index is -3.64. The number of hydrogen-bond donors (Lipinski definition) is 2. The van der Waals surface area contributed by atoms with E-state index in [0.717, 1.165) is 24.2 Å². The van der Waals surface area contributed by atoms with Crippen molar-refractivity contribution in [1.82, 2.24) is 9.55 Å². The number of nitrogens with zero attached hydrogens (tertiary/aromatic N) is 2. The Morgan fingerprint density at radius 3 is 2.95 bits per heavy atom. The van der Waals surface area contributed by atoms with Crippen LogP contribution in [0.2, 0.25) is 0 Å². The molecule has 1 aliphatic rings. The summed E-state index contributed by atoms with van der Waals surface area (Å²) in [5.74, 6) is 0.691. The molecule has 1 aromatic carbocycles. The zero-order chi connectivity index (χ0) is 15.0. The van der Waals surface area contributed by atoms with Crippen LogP contribution in [0.4, 0.5) is 11.4 Å². The van der Waals surface area contributed by atoms with Crippen molar-refractivity contribution in [3.05, 3.63) is 35.8 Å². The molecule has 1 aliphatic heterocycles. The third kappa shape index (κ3) is 2.61. The van der Waals surface area contributed by atoms with Crippen molar-refractivity contribution in [2.75, 3.05) is 16.6 Å². The molecule has 112 valence electrons. The summed E-state index contributed by atoms with van der Waals surface area (Å²) < 4.78 is 29.2. The Hall–Kier alpha value is -2.02. The Morgan fingerprint density at radius 2 is 2.24 bits per heavy atom. The Morgan fingerprint density at radius 1 is 1.43 bits per heavy atom. The van der Waals surface area contributed by atoms with Gasteiger partial charge in [0.25, 0.3) is 10.0 Å². The summed E-state index contributed by atoms with van der Waals surface area (Å²) in [5, 5.41) is 3.30. The van der Waals surface area contributed by atoms with E-state index in [4.69, 9.17) is 0 Å². The summed E-state index contributed by atoms with van der Waals surface area (Å²) in [6.07, 6.45) is 2.47. The van der Waals surface area contributed by atoms with Crippen LogP contribution < -0.4 is 10.0 Å². The number of aryl methyl sites for hydroxylation is 2. The van der Waals surface area contributed by atoms with Crippen LogP contribution >= 0.6 is 0 Å². The molecule has 0 bridgehead atoms. The van der Waals surface area contributed by atoms with Gasteiger partial charge in [-0.25, -0.2) is 4.98 Å². The number of nitrogens with one attached hydrogen (secondary N) is 2. The number of fused-ring (bicyclic) bond motifs is 1. The Kier molecular flexibility index (Phi) is 3.36. The Balaban J connectivity index is 1.88. The minimum Gasteiger partial charge on any atom is -0.384 e. The van der Waals surface area contributed by atoms with E-state index in [2.05, 4.69) is 15.0 Å². The maximum Gasteiger partial charge on any atom is 0.280 e. The molecule has 3 rings (SSSR count). The Bertz CT molecular complexity index is 780. The molecule has 0 unspecified atom stereocenters. The van der Waals surface area contributed by atoms with Gasteiger partial charge in [0, 0.05) is 30.7 Å². The fraction of sp³-hybridized carbons (Fsp3) is 0.357. The van der Waals surface area contributed by atoms with Gasteiger partial charge in [-0.15, -0.1) is 0 Å². The fourth-order valence-corrected chi connectivity index (χ4v) is 3.56. The number of benzene rings is 1. The SMILES string of the molecule is CCn1cc(S(=O)(=O)Nc2ccc3c(c2)CCN3)nc1C. The lowest BCUT2D eigenvalue weighted by Crippen LogP contribution is -2.13. The third-order valence-electron chi connectivity index (χ3n) is 3.64. The van der Waals surface area contributed by atoms with E-state index in [-0.39, 0.29) is 5.03 Å². The molecule has 21 heavy (non-hydrogen) atoms. The molecule has 2 heterocycles. The number of aromatic nitrogens is 2. The van der Waals surface area contributed by atoms with Gasteiger partial charge in [-0.2, -0.15) is 8.42 Å². The van der Waals surface area contributed by atoms with Gasteiger partial charge in [0.15, 0.2) is 5.03 Å². The largest absolute Gasteiger partial charge is 0.384 e. The highest BCUT2D eigenvalue weighted by Gasteiger charge is 2.20. The standard InChI is InChI=1S/C14H18N4O2S/c1-3-18-9-14(16-10(18)2)21(19,20)17-12-4-5-13-11(8-12)6-7-15-13/h4-5,8-9,15,17H,3,6-7H2,1-2H3. The molecule has 2 aromatic rings. The van der Waals surface area contributed by atoms with E-state index in [1.54, 1.807) is 23.8 Å². The van der Waals surface area contributed by atoms with E-state index in [9.17, 15) is 8.42 Å². The van der Waals surface area contributed by atoms with Crippen LogP contribution in [-0.4, -0.2) is 24.5 Å². The van der Waals surface area contributed by atoms with Crippen LogP contribution in [0.25, 0.3) is 0 Å². The van der Waals surface area contributed by atoms with E-state index >= 15 is 0 Å². The van der Waals surface area contributed by atoms with E-state index < -0.39 is 10.0 Å². The summed E-state index contributed by atoms with van der Waals surface area (Å²) in [6, 6.07) is 5.53. The van der Waals surface area contributed by atoms with Gasteiger partial charge in [0.05, 0.1) is 0 Å². The van der Waals surface area contributed by atoms with Crippen molar-refractivity contribution < 1.29 is 8.42 Å². The maximum absolute atomic E-state index is 12.4. The number of anilines is 2. The van der Waals surface area contributed by atoms with Crippen molar-refractivity contribution in [3.8, 4) is 0 Å². The van der Waals surface area contributed by atoms with Gasteiger partial charge < -0.3 is 9.88 Å². The van der Waals surface area contributed by atoms with Crippen LogP contribution in [0.3, 0.4) is 0 Å². The van der Waals surface area contributed by atoms with Gasteiger partial charge in [-0.1, -0.05) is 0 Å². The van der Waals surface area contributed by atoms with E-state index in [0.29, 0.717) is 18.1 Å². The lowest BCUT2D eigenvalue weighted by atomic mass is 10.1. The van der Waals surface area contributed by atoms with Crippen molar-refractivity contribution in [1.29, 1.82) is 0 Å². The molecule has 0 fully saturated rings. The average Bonchev–Trinajstić information content (AvgIpc) is 3.04. The fourth-order valence-electron chi connectivity index (χ4n) is 2.50. The van der Waals surface area contributed by atoms with Gasteiger partial charge in [0.1, 0.15) is 5.82 Å². The zero-order valence-electron chi connectivity index (χ0n) is 12.0. The highest BCUT2D eigenvalue weighted by Crippen LogP contribution is 2.26. The molecular weight excluding hydrogens is 288 g/mol. The molecule has 0 radical (unpaired) electrons. The zero-order valence-corrected chi connectivity index (χ0v) is 12.9. The molecule has 0 aliphatic carbocycles. The molecule has 0 amide bonds. The Labute approximate surface area is 124 Å². The van der Waals surface area contributed by atoms with Crippen molar-refractivity contribution in [2.24, 2.45) is 0 Å². The van der Waals surface area contributed by atoms with Crippen LogP contribution in [0.1, 0.15) is 18.3 Å². The van der Waals surface area contributed by atoms with Crippen molar-refractivity contribution >= 4 is 21.4 Å². The predicted octanol–water partition coefficient (Wildman–Crippen LogP) is 1.98. The summed E-state index contributed by atoms with van der Waals surface area (Å²) in [5.41, 5.74) is 2.77. The maximum atomic E-state index is 12.4. The lowest BCUT2D eigenvalue weighted by Gasteiger charge is -2.07. The summed E-state index contributed by atoms with van der Waals surface area (Å²) in [4.78, 5) is 4.12. The van der Waals surface area contributed by atoms with Crippen molar-refractivity contribution in [3.63, 3.8) is 0 Å². The van der Waals surface area contributed by atoms with Crippen LogP contribution in [0.5, 0.6) is 0 Å². The molecule has 1 aromatic heterocycles. The van der Waals surface area contributed by atoms with Crippen molar-refractivity contribution in [2.45, 2.75) is 31.8 Å². The molecule has 0 saturated heterocycles. The normalized spacial score (nSPS) is 13.8. The number of hydrogen-bond acceptors (Lipinski definition) is 4. The molecule has 6 nitrogen and oxygen atoms in total. The highest BCUT2D eigenvalue weighted by molar-refractivity contribution is 7.92. The second kappa shape index (κ2) is 5.07. The van der Waals surface area contributed by atoms with Gasteiger partial charge >= 0.3 is 0 Å². The van der Waals surface area contributed by atoms with Crippen LogP contribution in [-0.2, 0) is 23.0 Å². The van der Waals surface area contributed by atoms with Gasteiger partial charge in [-0.05, 0) is 44.0 Å². The first-order chi connectivity index (χ1) is 9.99. The first-order valence-corrected chi connectivity index (χ1v) is 8.41. The van der Waals surface area contributed by atoms with Gasteiger partial charge in [-0.3, -0.25) is 4.72 Å². The van der Waals surface area contributed by atoms with Crippen LogP contribution in [0.15, 0.2) is 29.4 Å². The lowest BCUT2D eigenvalue weighted by molar-refractivity contribution is 0.598.